The third-order valence-corrected chi connectivity index (χ3v) is 8.22. The molecule has 1 amide bonds. The zero-order chi connectivity index (χ0) is 23.3. The van der Waals surface area contributed by atoms with Crippen molar-refractivity contribution >= 4 is 27.5 Å². The maximum Gasteiger partial charge on any atom is 0.251 e. The largest absolute Gasteiger partial charge is 0.490 e. The lowest BCUT2D eigenvalue weighted by atomic mass is 10.1. The van der Waals surface area contributed by atoms with Gasteiger partial charge in [0.2, 0.25) is 10.0 Å². The fraction of sp³-hybridized carbons (Fsp3) is 0.458. The Bertz CT molecular complexity index is 1060. The minimum absolute atomic E-state index is 0.156. The minimum atomic E-state index is -3.68. The monoisotopic (exact) mass is 491 g/mol. The Hall–Kier alpha value is -2.13. The van der Waals surface area contributed by atoms with E-state index in [-0.39, 0.29) is 29.5 Å². The topological polar surface area (TPSA) is 87.7 Å². The first kappa shape index (κ1) is 24.0. The van der Waals surface area contributed by atoms with Gasteiger partial charge in [0, 0.05) is 29.7 Å². The van der Waals surface area contributed by atoms with Crippen molar-refractivity contribution in [2.45, 2.75) is 49.1 Å². The molecule has 0 aliphatic carbocycles. The van der Waals surface area contributed by atoms with Gasteiger partial charge in [0.1, 0.15) is 11.9 Å². The molecule has 0 spiro atoms. The highest BCUT2D eigenvalue weighted by Gasteiger charge is 2.30. The molecular weight excluding hydrogens is 462 g/mol. The molecule has 2 aromatic rings. The van der Waals surface area contributed by atoms with E-state index in [9.17, 15) is 13.2 Å². The molecule has 0 bridgehead atoms. The summed E-state index contributed by atoms with van der Waals surface area (Å²) >= 11 is 6.00. The Morgan fingerprint density at radius 1 is 1.06 bits per heavy atom. The van der Waals surface area contributed by atoms with Gasteiger partial charge in [-0.05, 0) is 81.2 Å². The summed E-state index contributed by atoms with van der Waals surface area (Å²) in [7, 11) is -3.68. The number of ether oxygens (including phenoxy) is 1. The molecule has 2 aromatic carbocycles. The van der Waals surface area contributed by atoms with Gasteiger partial charge in [0.05, 0.1) is 4.90 Å². The molecule has 7 nitrogen and oxygen atoms in total. The molecule has 1 unspecified atom stereocenters. The quantitative estimate of drug-likeness (QED) is 0.646. The fourth-order valence-corrected chi connectivity index (χ4v) is 6.00. The first-order chi connectivity index (χ1) is 15.9. The van der Waals surface area contributed by atoms with Crippen molar-refractivity contribution in [2.75, 3.05) is 26.2 Å². The number of amides is 1. The lowest BCUT2D eigenvalue weighted by Gasteiger charge is -2.25. The number of halogens is 1. The van der Waals surface area contributed by atoms with Gasteiger partial charge in [-0.15, -0.1) is 0 Å². The Balaban J connectivity index is 1.42. The molecule has 0 radical (unpaired) electrons. The summed E-state index contributed by atoms with van der Waals surface area (Å²) in [6.45, 7) is 2.53. The molecule has 2 saturated heterocycles. The van der Waals surface area contributed by atoms with Gasteiger partial charge >= 0.3 is 0 Å². The molecule has 178 valence electrons. The molecule has 2 aliphatic heterocycles. The number of hydrogen-bond donors (Lipinski definition) is 2. The van der Waals surface area contributed by atoms with Crippen LogP contribution in [0.5, 0.6) is 5.75 Å². The molecule has 0 saturated carbocycles. The smallest absolute Gasteiger partial charge is 0.251 e. The van der Waals surface area contributed by atoms with Crippen LogP contribution < -0.4 is 15.4 Å². The summed E-state index contributed by atoms with van der Waals surface area (Å²) < 4.78 is 34.1. The number of benzene rings is 2. The van der Waals surface area contributed by atoms with Crippen molar-refractivity contribution in [1.82, 2.24) is 14.9 Å². The first-order valence-electron chi connectivity index (χ1n) is 11.5. The summed E-state index contributed by atoms with van der Waals surface area (Å²) in [5, 5.41) is 6.77. The maximum absolute atomic E-state index is 13.3. The lowest BCUT2D eigenvalue weighted by Crippen LogP contribution is -2.44. The van der Waals surface area contributed by atoms with E-state index in [1.165, 1.54) is 4.31 Å². The second-order valence-electron chi connectivity index (χ2n) is 8.58. The fourth-order valence-electron chi connectivity index (χ4n) is 4.29. The highest BCUT2D eigenvalue weighted by atomic mass is 35.5. The van der Waals surface area contributed by atoms with Crippen LogP contribution in [0, 0.1) is 0 Å². The third-order valence-electron chi connectivity index (χ3n) is 6.11. The van der Waals surface area contributed by atoms with Gasteiger partial charge in [-0.3, -0.25) is 4.79 Å². The average molecular weight is 492 g/mol. The summed E-state index contributed by atoms with van der Waals surface area (Å²) in [4.78, 5) is 12.9. The van der Waals surface area contributed by atoms with E-state index in [1.807, 2.05) is 0 Å². The number of nitrogens with zero attached hydrogens (tertiary/aromatic N) is 1. The van der Waals surface area contributed by atoms with Crippen LogP contribution in [-0.4, -0.2) is 57.0 Å². The lowest BCUT2D eigenvalue weighted by molar-refractivity contribution is 0.0932. The Morgan fingerprint density at radius 3 is 2.55 bits per heavy atom. The summed E-state index contributed by atoms with van der Waals surface area (Å²) in [6.07, 6.45) is 4.35. The number of rotatable bonds is 6. The van der Waals surface area contributed by atoms with Crippen molar-refractivity contribution in [3.63, 3.8) is 0 Å². The number of carbonyl (C=O) groups is 1. The average Bonchev–Trinajstić information content (AvgIpc) is 3.06. The van der Waals surface area contributed by atoms with Crippen LogP contribution in [0.15, 0.2) is 53.4 Å². The van der Waals surface area contributed by atoms with Crippen molar-refractivity contribution in [3.05, 3.63) is 59.1 Å². The van der Waals surface area contributed by atoms with Crippen molar-refractivity contribution in [3.8, 4) is 5.75 Å². The molecule has 2 fully saturated rings. The van der Waals surface area contributed by atoms with E-state index in [2.05, 4.69) is 10.6 Å². The number of carbonyl (C=O) groups excluding carboxylic acids is 1. The van der Waals surface area contributed by atoms with E-state index in [4.69, 9.17) is 16.3 Å². The summed E-state index contributed by atoms with van der Waals surface area (Å²) in [5.74, 6) is 0.435. The molecule has 2 heterocycles. The minimum Gasteiger partial charge on any atom is -0.490 e. The Labute approximate surface area is 200 Å². The predicted molar refractivity (Wildman–Crippen MR) is 128 cm³/mol. The van der Waals surface area contributed by atoms with Crippen LogP contribution in [0.3, 0.4) is 0 Å². The van der Waals surface area contributed by atoms with E-state index >= 15 is 0 Å². The first-order valence-corrected chi connectivity index (χ1v) is 13.3. The van der Waals surface area contributed by atoms with Gasteiger partial charge in [-0.25, -0.2) is 8.42 Å². The Kier molecular flexibility index (Phi) is 7.90. The van der Waals surface area contributed by atoms with E-state index in [1.54, 1.807) is 48.5 Å². The van der Waals surface area contributed by atoms with Gasteiger partial charge in [-0.1, -0.05) is 24.1 Å². The van der Waals surface area contributed by atoms with Crippen molar-refractivity contribution in [1.29, 1.82) is 0 Å². The summed E-state index contributed by atoms with van der Waals surface area (Å²) in [5.41, 5.74) is 0.463. The van der Waals surface area contributed by atoms with Crippen LogP contribution in [0.2, 0.25) is 5.02 Å². The van der Waals surface area contributed by atoms with Crippen LogP contribution in [-0.2, 0) is 10.0 Å². The highest BCUT2D eigenvalue weighted by Crippen LogP contribution is 2.24. The number of sulfonamides is 1. The summed E-state index contributed by atoms with van der Waals surface area (Å²) in [6, 6.07) is 13.1. The number of piperidine rings is 1. The normalized spacial score (nSPS) is 20.7. The van der Waals surface area contributed by atoms with Crippen LogP contribution in [0.1, 0.15) is 42.5 Å². The maximum atomic E-state index is 13.3. The highest BCUT2D eigenvalue weighted by molar-refractivity contribution is 7.89. The van der Waals surface area contributed by atoms with Gasteiger partial charge < -0.3 is 15.4 Å². The second kappa shape index (κ2) is 10.9. The number of nitrogens with one attached hydrogen (secondary N) is 2. The zero-order valence-corrected chi connectivity index (χ0v) is 20.1. The standard InChI is InChI=1S/C24H30ClN3O4S/c25-19-5-3-4-18(16-19)24(29)27-20-6-1-2-15-28(17-20)33(30,31)23-9-7-21(8-10-23)32-22-11-13-26-14-12-22/h3-5,7-10,16,20,22,26H,1-2,6,11-15,17H2,(H,27,29). The van der Waals surface area contributed by atoms with Gasteiger partial charge in [0.15, 0.2) is 0 Å². The molecule has 4 rings (SSSR count). The molecule has 2 aliphatic rings. The molecular formula is C24H30ClN3O4S. The second-order valence-corrected chi connectivity index (χ2v) is 11.0. The predicted octanol–water partition coefficient (Wildman–Crippen LogP) is 3.44. The van der Waals surface area contributed by atoms with Crippen LogP contribution in [0.25, 0.3) is 0 Å². The molecule has 2 N–H and O–H groups in total. The van der Waals surface area contributed by atoms with E-state index in [0.29, 0.717) is 22.9 Å². The van der Waals surface area contributed by atoms with Crippen LogP contribution in [0.4, 0.5) is 0 Å². The van der Waals surface area contributed by atoms with Gasteiger partial charge in [0.25, 0.3) is 5.91 Å². The zero-order valence-electron chi connectivity index (χ0n) is 18.5. The molecule has 9 heteroatoms. The Morgan fingerprint density at radius 2 is 1.82 bits per heavy atom. The third kappa shape index (κ3) is 6.26. The van der Waals surface area contributed by atoms with Crippen molar-refractivity contribution in [2.24, 2.45) is 0 Å². The van der Waals surface area contributed by atoms with E-state index in [0.717, 1.165) is 45.2 Å². The molecule has 33 heavy (non-hydrogen) atoms. The van der Waals surface area contributed by atoms with E-state index < -0.39 is 10.0 Å². The molecule has 1 atom stereocenters. The van der Waals surface area contributed by atoms with Crippen LogP contribution >= 0.6 is 11.6 Å². The number of hydrogen-bond acceptors (Lipinski definition) is 5. The SMILES string of the molecule is O=C(NC1CCCCN(S(=O)(=O)c2ccc(OC3CCNCC3)cc2)C1)c1cccc(Cl)c1. The van der Waals surface area contributed by atoms with Crippen molar-refractivity contribution < 1.29 is 17.9 Å². The molecule has 0 aromatic heterocycles. The van der Waals surface area contributed by atoms with Gasteiger partial charge in [-0.2, -0.15) is 4.31 Å².